The summed E-state index contributed by atoms with van der Waals surface area (Å²) >= 11 is 0. The number of hydrogen-bond donors (Lipinski definition) is 2. The largest absolute Gasteiger partial charge is 0.352 e. The lowest BCUT2D eigenvalue weighted by Gasteiger charge is -2.17. The van der Waals surface area contributed by atoms with Gasteiger partial charge in [0.1, 0.15) is 17.7 Å². The maximum absolute atomic E-state index is 13.1. The maximum atomic E-state index is 13.1. The van der Waals surface area contributed by atoms with Gasteiger partial charge in [0.15, 0.2) is 0 Å². The molecule has 1 aromatic carbocycles. The third kappa shape index (κ3) is 7.04. The summed E-state index contributed by atoms with van der Waals surface area (Å²) in [6.45, 7) is 5.32. The first-order valence-corrected chi connectivity index (χ1v) is 7.47. The van der Waals surface area contributed by atoms with E-state index in [0.29, 0.717) is 6.42 Å². The lowest BCUT2D eigenvalue weighted by Crippen LogP contribution is -2.47. The van der Waals surface area contributed by atoms with Crippen LogP contribution in [0.1, 0.15) is 32.8 Å². The van der Waals surface area contributed by atoms with E-state index in [1.807, 2.05) is 26.0 Å². The third-order valence-electron chi connectivity index (χ3n) is 3.17. The van der Waals surface area contributed by atoms with Crippen LogP contribution in [0.2, 0.25) is 0 Å². The number of benzene rings is 1. The molecule has 6 heteroatoms. The highest BCUT2D eigenvalue weighted by molar-refractivity contribution is 5.88. The van der Waals surface area contributed by atoms with Crippen LogP contribution >= 0.6 is 0 Å². The molecule has 0 unspecified atom stereocenters. The topological polar surface area (TPSA) is 58.2 Å². The lowest BCUT2D eigenvalue weighted by molar-refractivity contribution is -0.128. The molecule has 2 atom stereocenters. The second-order valence-corrected chi connectivity index (χ2v) is 5.46. The molecule has 23 heavy (non-hydrogen) atoms. The standard InChI is InChI=1S/C17H22F2N2O2/c1-4-5-6-11(2)20-17(23)12(3)21-16(22)9-13-7-14(18)10-15(19)8-13/h4-5,7-8,10-12H,6,9H2,1-3H3,(H,20,23)(H,21,22)/t11-,12-/m0/s1. The monoisotopic (exact) mass is 324 g/mol. The average Bonchev–Trinajstić information content (AvgIpc) is 2.43. The minimum atomic E-state index is -0.739. The van der Waals surface area contributed by atoms with Gasteiger partial charge in [0.2, 0.25) is 11.8 Å². The zero-order valence-corrected chi connectivity index (χ0v) is 13.5. The van der Waals surface area contributed by atoms with Crippen molar-refractivity contribution in [3.8, 4) is 0 Å². The van der Waals surface area contributed by atoms with E-state index in [0.717, 1.165) is 18.2 Å². The normalized spacial score (nSPS) is 13.6. The number of carbonyl (C=O) groups excluding carboxylic acids is 2. The van der Waals surface area contributed by atoms with Crippen LogP contribution < -0.4 is 10.6 Å². The maximum Gasteiger partial charge on any atom is 0.242 e. The fraction of sp³-hybridized carbons (Fsp3) is 0.412. The predicted octanol–water partition coefficient (Wildman–Crippen LogP) is 2.48. The minimum absolute atomic E-state index is 0.0460. The van der Waals surface area contributed by atoms with Crippen LogP contribution in [-0.2, 0) is 16.0 Å². The Kier molecular flexibility index (Phi) is 7.38. The summed E-state index contributed by atoms with van der Waals surface area (Å²) < 4.78 is 26.1. The van der Waals surface area contributed by atoms with Gasteiger partial charge >= 0.3 is 0 Å². The van der Waals surface area contributed by atoms with Gasteiger partial charge in [0.05, 0.1) is 6.42 Å². The Morgan fingerprint density at radius 3 is 2.30 bits per heavy atom. The molecule has 0 radical (unpaired) electrons. The summed E-state index contributed by atoms with van der Waals surface area (Å²) in [6.07, 6.45) is 4.34. The van der Waals surface area contributed by atoms with Gasteiger partial charge in [0, 0.05) is 12.1 Å². The number of halogens is 2. The molecule has 0 aromatic heterocycles. The lowest BCUT2D eigenvalue weighted by atomic mass is 10.1. The van der Waals surface area contributed by atoms with Gasteiger partial charge in [-0.05, 0) is 44.9 Å². The van der Waals surface area contributed by atoms with E-state index in [-0.39, 0.29) is 23.9 Å². The van der Waals surface area contributed by atoms with Gasteiger partial charge in [-0.15, -0.1) is 0 Å². The molecule has 0 aliphatic carbocycles. The van der Waals surface area contributed by atoms with E-state index in [4.69, 9.17) is 0 Å². The Hall–Kier alpha value is -2.24. The van der Waals surface area contributed by atoms with E-state index in [2.05, 4.69) is 10.6 Å². The van der Waals surface area contributed by atoms with Crippen LogP contribution in [0.3, 0.4) is 0 Å². The fourth-order valence-corrected chi connectivity index (χ4v) is 2.02. The fourth-order valence-electron chi connectivity index (χ4n) is 2.02. The van der Waals surface area contributed by atoms with Crippen LogP contribution in [0.15, 0.2) is 30.4 Å². The summed E-state index contributed by atoms with van der Waals surface area (Å²) in [7, 11) is 0. The predicted molar refractivity (Wildman–Crippen MR) is 84.7 cm³/mol. The van der Waals surface area contributed by atoms with Crippen molar-refractivity contribution in [3.05, 3.63) is 47.5 Å². The molecule has 4 nitrogen and oxygen atoms in total. The second kappa shape index (κ2) is 9.02. The van der Waals surface area contributed by atoms with Gasteiger partial charge in [-0.1, -0.05) is 12.2 Å². The Morgan fingerprint density at radius 2 is 1.74 bits per heavy atom. The van der Waals surface area contributed by atoms with Crippen molar-refractivity contribution in [2.24, 2.45) is 0 Å². The first-order valence-electron chi connectivity index (χ1n) is 7.47. The smallest absolute Gasteiger partial charge is 0.242 e. The molecule has 1 rings (SSSR count). The van der Waals surface area contributed by atoms with Crippen molar-refractivity contribution in [1.82, 2.24) is 10.6 Å². The highest BCUT2D eigenvalue weighted by Gasteiger charge is 2.17. The molecule has 0 saturated carbocycles. The van der Waals surface area contributed by atoms with Crippen LogP contribution in [0.4, 0.5) is 8.78 Å². The minimum Gasteiger partial charge on any atom is -0.352 e. The van der Waals surface area contributed by atoms with Gasteiger partial charge in [0.25, 0.3) is 0 Å². The second-order valence-electron chi connectivity index (χ2n) is 5.46. The Balaban J connectivity index is 2.50. The molecule has 2 amide bonds. The summed E-state index contributed by atoms with van der Waals surface area (Å²) in [5, 5.41) is 5.29. The van der Waals surface area contributed by atoms with E-state index >= 15 is 0 Å². The Labute approximate surface area is 135 Å². The molecule has 1 aromatic rings. The molecule has 0 aliphatic heterocycles. The van der Waals surface area contributed by atoms with Crippen molar-refractivity contribution < 1.29 is 18.4 Å². The summed E-state index contributed by atoms with van der Waals surface area (Å²) in [4.78, 5) is 23.8. The molecular weight excluding hydrogens is 302 g/mol. The van der Waals surface area contributed by atoms with Crippen molar-refractivity contribution in [1.29, 1.82) is 0 Å². The number of amides is 2. The Morgan fingerprint density at radius 1 is 1.13 bits per heavy atom. The molecule has 0 spiro atoms. The molecule has 0 bridgehead atoms. The van der Waals surface area contributed by atoms with Crippen LogP contribution in [0.5, 0.6) is 0 Å². The molecule has 2 N–H and O–H groups in total. The molecular formula is C17H22F2N2O2. The summed E-state index contributed by atoms with van der Waals surface area (Å²) in [6, 6.07) is 2.15. The summed E-state index contributed by atoms with van der Waals surface area (Å²) in [5.41, 5.74) is 0.217. The third-order valence-corrected chi connectivity index (χ3v) is 3.17. The summed E-state index contributed by atoms with van der Waals surface area (Å²) in [5.74, 6) is -2.26. The van der Waals surface area contributed by atoms with Gasteiger partial charge < -0.3 is 10.6 Å². The number of nitrogens with one attached hydrogen (secondary N) is 2. The molecule has 126 valence electrons. The zero-order valence-electron chi connectivity index (χ0n) is 13.5. The van der Waals surface area contributed by atoms with Crippen LogP contribution in [-0.4, -0.2) is 23.9 Å². The molecule has 0 heterocycles. The van der Waals surface area contributed by atoms with Gasteiger partial charge in [-0.2, -0.15) is 0 Å². The first-order chi connectivity index (χ1) is 10.8. The number of allylic oxidation sites excluding steroid dienone is 1. The van der Waals surface area contributed by atoms with Crippen LogP contribution in [0, 0.1) is 11.6 Å². The number of carbonyl (C=O) groups is 2. The SMILES string of the molecule is CC=CC[C@H](C)NC(=O)[C@H](C)NC(=O)Cc1cc(F)cc(F)c1. The highest BCUT2D eigenvalue weighted by Crippen LogP contribution is 2.08. The van der Waals surface area contributed by atoms with E-state index in [9.17, 15) is 18.4 Å². The highest BCUT2D eigenvalue weighted by atomic mass is 19.1. The van der Waals surface area contributed by atoms with E-state index < -0.39 is 23.6 Å². The zero-order chi connectivity index (χ0) is 17.4. The van der Waals surface area contributed by atoms with Crippen molar-refractivity contribution in [2.45, 2.75) is 45.7 Å². The average molecular weight is 324 g/mol. The van der Waals surface area contributed by atoms with E-state index in [1.54, 1.807) is 6.92 Å². The van der Waals surface area contributed by atoms with Crippen molar-refractivity contribution >= 4 is 11.8 Å². The Bertz CT molecular complexity index is 568. The van der Waals surface area contributed by atoms with E-state index in [1.165, 1.54) is 0 Å². The molecule has 0 saturated heterocycles. The van der Waals surface area contributed by atoms with Gasteiger partial charge in [-0.25, -0.2) is 8.78 Å². The first kappa shape index (κ1) is 18.8. The van der Waals surface area contributed by atoms with Gasteiger partial charge in [-0.3, -0.25) is 9.59 Å². The number of rotatable bonds is 7. The number of hydrogen-bond acceptors (Lipinski definition) is 2. The quantitative estimate of drug-likeness (QED) is 0.757. The van der Waals surface area contributed by atoms with Crippen LogP contribution in [0.25, 0.3) is 0 Å². The molecule has 0 aliphatic rings. The van der Waals surface area contributed by atoms with Crippen molar-refractivity contribution in [3.63, 3.8) is 0 Å². The van der Waals surface area contributed by atoms with Crippen molar-refractivity contribution in [2.75, 3.05) is 0 Å². The molecule has 0 fully saturated rings.